The molecule has 3 nitrogen and oxygen atoms in total. The lowest BCUT2D eigenvalue weighted by atomic mass is 9.98. The molecular formula is C23H18Br2O3S. The molecule has 0 heterocycles. The monoisotopic (exact) mass is 532 g/mol. The van der Waals surface area contributed by atoms with Gasteiger partial charge in [-0.3, -0.25) is 0 Å². The maximum Gasteiger partial charge on any atom is 0.341 e. The average molecular weight is 534 g/mol. The number of carboxylic acids is 1. The van der Waals surface area contributed by atoms with Gasteiger partial charge in [-0.1, -0.05) is 74.3 Å². The molecule has 0 amide bonds. The van der Waals surface area contributed by atoms with Crippen LogP contribution in [0.1, 0.15) is 11.1 Å². The summed E-state index contributed by atoms with van der Waals surface area (Å²) in [7, 11) is 0. The van der Waals surface area contributed by atoms with Gasteiger partial charge in [0.1, 0.15) is 5.75 Å². The van der Waals surface area contributed by atoms with E-state index in [1.165, 1.54) is 0 Å². The van der Waals surface area contributed by atoms with Crippen LogP contribution < -0.4 is 4.74 Å². The second-order valence-electron chi connectivity index (χ2n) is 6.04. The number of benzene rings is 3. The number of hydrogen-bond acceptors (Lipinski definition) is 3. The maximum atomic E-state index is 10.6. The lowest BCUT2D eigenvalue weighted by Gasteiger charge is -2.13. The van der Waals surface area contributed by atoms with Crippen LogP contribution in [0, 0.1) is 0 Å². The van der Waals surface area contributed by atoms with Crippen molar-refractivity contribution in [2.75, 3.05) is 12.4 Å². The number of ether oxygens (including phenoxy) is 1. The van der Waals surface area contributed by atoms with E-state index in [2.05, 4.69) is 50.1 Å². The first-order chi connectivity index (χ1) is 14.0. The molecule has 0 spiro atoms. The standard InChI is InChI=1S/C23H18Br2O3S/c24-21-7-3-1-5-19(21)18(20-6-2-4-8-22(20)25)13-14-29-17-11-9-16(10-12-17)28-15-23(26)27/h1-13H,14-15H2,(H,26,27). The van der Waals surface area contributed by atoms with Gasteiger partial charge in [0, 0.05) is 19.6 Å². The van der Waals surface area contributed by atoms with Crippen molar-refractivity contribution in [2.24, 2.45) is 0 Å². The molecule has 0 aromatic heterocycles. The van der Waals surface area contributed by atoms with Crippen LogP contribution >= 0.6 is 43.6 Å². The van der Waals surface area contributed by atoms with Crippen molar-refractivity contribution < 1.29 is 14.6 Å². The second kappa shape index (κ2) is 10.7. The minimum atomic E-state index is -0.986. The van der Waals surface area contributed by atoms with E-state index >= 15 is 0 Å². The number of carboxylic acid groups (broad SMARTS) is 1. The van der Waals surface area contributed by atoms with Crippen molar-refractivity contribution in [3.63, 3.8) is 0 Å². The fraction of sp³-hybridized carbons (Fsp3) is 0.0870. The lowest BCUT2D eigenvalue weighted by Crippen LogP contribution is -2.09. The first kappa shape index (κ1) is 21.7. The van der Waals surface area contributed by atoms with Crippen molar-refractivity contribution in [3.8, 4) is 5.75 Å². The third-order valence-corrected chi connectivity index (χ3v) is 6.37. The number of hydrogen-bond donors (Lipinski definition) is 1. The summed E-state index contributed by atoms with van der Waals surface area (Å²) in [5.41, 5.74) is 3.42. The smallest absolute Gasteiger partial charge is 0.341 e. The zero-order valence-electron chi connectivity index (χ0n) is 15.3. The molecule has 148 valence electrons. The Labute approximate surface area is 191 Å². The molecule has 29 heavy (non-hydrogen) atoms. The number of thioether (sulfide) groups is 1. The van der Waals surface area contributed by atoms with Crippen molar-refractivity contribution in [1.82, 2.24) is 0 Å². The molecule has 0 saturated heterocycles. The molecule has 0 bridgehead atoms. The molecule has 3 rings (SSSR count). The number of carbonyl (C=O) groups is 1. The van der Waals surface area contributed by atoms with Crippen LogP contribution in [0.5, 0.6) is 5.75 Å². The van der Waals surface area contributed by atoms with Crippen molar-refractivity contribution in [2.45, 2.75) is 4.90 Å². The third-order valence-electron chi connectivity index (χ3n) is 4.05. The second-order valence-corrected chi connectivity index (χ2v) is 8.84. The van der Waals surface area contributed by atoms with E-state index < -0.39 is 5.97 Å². The normalized spacial score (nSPS) is 10.4. The minimum absolute atomic E-state index is 0.337. The molecule has 0 saturated carbocycles. The van der Waals surface area contributed by atoms with Gasteiger partial charge in [0.25, 0.3) is 0 Å². The topological polar surface area (TPSA) is 46.5 Å². The van der Waals surface area contributed by atoms with Crippen molar-refractivity contribution in [3.05, 3.63) is 98.9 Å². The van der Waals surface area contributed by atoms with E-state index in [9.17, 15) is 4.79 Å². The van der Waals surface area contributed by atoms with Gasteiger partial charge in [-0.25, -0.2) is 4.79 Å². The Morgan fingerprint density at radius 1 is 0.897 bits per heavy atom. The number of halogens is 2. The highest BCUT2D eigenvalue weighted by Gasteiger charge is 2.11. The van der Waals surface area contributed by atoms with Crippen LogP contribution in [0.25, 0.3) is 5.57 Å². The number of aliphatic carboxylic acids is 1. The highest BCUT2D eigenvalue weighted by atomic mass is 79.9. The average Bonchev–Trinajstić information content (AvgIpc) is 2.72. The van der Waals surface area contributed by atoms with E-state index in [0.29, 0.717) is 5.75 Å². The minimum Gasteiger partial charge on any atom is -0.482 e. The lowest BCUT2D eigenvalue weighted by molar-refractivity contribution is -0.139. The fourth-order valence-electron chi connectivity index (χ4n) is 2.72. The van der Waals surface area contributed by atoms with Crippen LogP contribution in [-0.2, 0) is 4.79 Å². The zero-order valence-corrected chi connectivity index (χ0v) is 19.3. The van der Waals surface area contributed by atoms with Gasteiger partial charge >= 0.3 is 5.97 Å². The molecule has 0 aliphatic carbocycles. The molecule has 0 atom stereocenters. The molecule has 0 unspecified atom stereocenters. The summed E-state index contributed by atoms with van der Waals surface area (Å²) in [5.74, 6) is 0.350. The van der Waals surface area contributed by atoms with E-state index in [0.717, 1.165) is 36.3 Å². The van der Waals surface area contributed by atoms with Crippen LogP contribution in [0.3, 0.4) is 0 Å². The Kier molecular flexibility index (Phi) is 7.98. The van der Waals surface area contributed by atoms with Crippen LogP contribution in [0.2, 0.25) is 0 Å². The van der Waals surface area contributed by atoms with Gasteiger partial charge in [-0.15, -0.1) is 11.8 Å². The molecule has 3 aromatic rings. The Morgan fingerprint density at radius 2 is 1.45 bits per heavy atom. The molecule has 3 aromatic carbocycles. The molecule has 0 radical (unpaired) electrons. The zero-order chi connectivity index (χ0) is 20.6. The van der Waals surface area contributed by atoms with E-state index in [-0.39, 0.29) is 6.61 Å². The van der Waals surface area contributed by atoms with E-state index in [1.807, 2.05) is 48.5 Å². The van der Waals surface area contributed by atoms with Gasteiger partial charge in [-0.05, 0) is 53.1 Å². The third kappa shape index (κ3) is 6.23. The van der Waals surface area contributed by atoms with Crippen LogP contribution in [-0.4, -0.2) is 23.4 Å². The highest BCUT2D eigenvalue weighted by Crippen LogP contribution is 2.34. The summed E-state index contributed by atoms with van der Waals surface area (Å²) in [6.07, 6.45) is 2.22. The summed E-state index contributed by atoms with van der Waals surface area (Å²) in [6, 6.07) is 23.8. The van der Waals surface area contributed by atoms with E-state index in [1.54, 1.807) is 23.9 Å². The van der Waals surface area contributed by atoms with Gasteiger partial charge in [0.15, 0.2) is 6.61 Å². The van der Waals surface area contributed by atoms with Gasteiger partial charge in [-0.2, -0.15) is 0 Å². The Balaban J connectivity index is 1.78. The predicted octanol–water partition coefficient (Wildman–Crippen LogP) is 6.90. The number of rotatable bonds is 8. The van der Waals surface area contributed by atoms with Gasteiger partial charge < -0.3 is 9.84 Å². The first-order valence-corrected chi connectivity index (χ1v) is 11.4. The summed E-state index contributed by atoms with van der Waals surface area (Å²) in [6.45, 7) is -0.337. The van der Waals surface area contributed by atoms with Gasteiger partial charge in [0.05, 0.1) is 0 Å². The summed E-state index contributed by atoms with van der Waals surface area (Å²) >= 11 is 9.04. The van der Waals surface area contributed by atoms with Crippen molar-refractivity contribution in [1.29, 1.82) is 0 Å². The Bertz CT molecular complexity index is 969. The summed E-state index contributed by atoms with van der Waals surface area (Å²) in [4.78, 5) is 11.7. The molecule has 0 aliphatic rings. The molecule has 1 N–H and O–H groups in total. The van der Waals surface area contributed by atoms with E-state index in [4.69, 9.17) is 9.84 Å². The highest BCUT2D eigenvalue weighted by molar-refractivity contribution is 9.10. The fourth-order valence-corrected chi connectivity index (χ4v) is 4.49. The van der Waals surface area contributed by atoms with Crippen LogP contribution in [0.15, 0.2) is 92.7 Å². The van der Waals surface area contributed by atoms with Gasteiger partial charge in [0.2, 0.25) is 0 Å². The molecule has 0 fully saturated rings. The Morgan fingerprint density at radius 3 is 1.97 bits per heavy atom. The Hall–Kier alpha value is -2.02. The van der Waals surface area contributed by atoms with Crippen LogP contribution in [0.4, 0.5) is 0 Å². The molecular weight excluding hydrogens is 516 g/mol. The molecule has 6 heteroatoms. The largest absolute Gasteiger partial charge is 0.482 e. The summed E-state index contributed by atoms with van der Waals surface area (Å²) < 4.78 is 7.27. The predicted molar refractivity (Wildman–Crippen MR) is 126 cm³/mol. The molecule has 0 aliphatic heterocycles. The first-order valence-electron chi connectivity index (χ1n) is 8.82. The SMILES string of the molecule is O=C(O)COc1ccc(SCC=C(c2ccccc2Br)c2ccccc2Br)cc1. The quantitative estimate of drug-likeness (QED) is 0.320. The maximum absolute atomic E-state index is 10.6. The summed E-state index contributed by atoms with van der Waals surface area (Å²) in [5, 5.41) is 8.68. The van der Waals surface area contributed by atoms with Crippen molar-refractivity contribution >= 4 is 55.2 Å².